The lowest BCUT2D eigenvalue weighted by molar-refractivity contribution is -0.145. The lowest BCUT2D eigenvalue weighted by atomic mass is 9.94. The molecule has 1 aromatic carbocycles. The van der Waals surface area contributed by atoms with E-state index in [0.717, 1.165) is 41.3 Å². The van der Waals surface area contributed by atoms with Gasteiger partial charge in [-0.3, -0.25) is 9.59 Å². The molecule has 0 radical (unpaired) electrons. The first-order chi connectivity index (χ1) is 13.5. The summed E-state index contributed by atoms with van der Waals surface area (Å²) in [4.78, 5) is 34.4. The Balaban J connectivity index is 1.55. The SMILES string of the molecule is Cc1cc(NC(=O)C(=O)N2CCCC[C@H]2c2ccc3[nH]ccc3c2)cnc1N. The van der Waals surface area contributed by atoms with Gasteiger partial charge in [0.25, 0.3) is 0 Å². The molecule has 7 heteroatoms. The zero-order valence-electron chi connectivity index (χ0n) is 15.7. The molecule has 3 heterocycles. The summed E-state index contributed by atoms with van der Waals surface area (Å²) in [6.07, 6.45) is 6.12. The van der Waals surface area contributed by atoms with E-state index in [2.05, 4.69) is 21.4 Å². The summed E-state index contributed by atoms with van der Waals surface area (Å²) in [6.45, 7) is 2.37. The predicted molar refractivity (Wildman–Crippen MR) is 109 cm³/mol. The largest absolute Gasteiger partial charge is 0.383 e. The molecule has 0 unspecified atom stereocenters. The Labute approximate surface area is 162 Å². The van der Waals surface area contributed by atoms with Gasteiger partial charge in [-0.2, -0.15) is 0 Å². The van der Waals surface area contributed by atoms with Crippen molar-refractivity contribution in [3.8, 4) is 0 Å². The normalized spacial score (nSPS) is 16.9. The number of nitrogen functional groups attached to an aromatic ring is 1. The Morgan fingerprint density at radius 1 is 1.25 bits per heavy atom. The van der Waals surface area contributed by atoms with Crippen molar-refractivity contribution >= 4 is 34.2 Å². The van der Waals surface area contributed by atoms with Crippen molar-refractivity contribution in [3.05, 3.63) is 53.9 Å². The first kappa shape index (κ1) is 18.0. The Bertz CT molecular complexity index is 1040. The number of nitrogens with one attached hydrogen (secondary N) is 2. The Morgan fingerprint density at radius 3 is 2.93 bits per heavy atom. The predicted octanol–water partition coefficient (Wildman–Crippen LogP) is 3.15. The van der Waals surface area contributed by atoms with Crippen LogP contribution in [-0.4, -0.2) is 33.2 Å². The van der Waals surface area contributed by atoms with Crippen LogP contribution in [-0.2, 0) is 9.59 Å². The maximum Gasteiger partial charge on any atom is 0.313 e. The molecule has 0 aliphatic carbocycles. The van der Waals surface area contributed by atoms with Crippen LogP contribution < -0.4 is 11.1 Å². The molecule has 0 spiro atoms. The molecule has 0 bridgehead atoms. The van der Waals surface area contributed by atoms with Gasteiger partial charge in [-0.25, -0.2) is 4.98 Å². The van der Waals surface area contributed by atoms with Crippen LogP contribution in [0.2, 0.25) is 0 Å². The van der Waals surface area contributed by atoms with Gasteiger partial charge in [0.1, 0.15) is 5.82 Å². The van der Waals surface area contributed by atoms with E-state index in [1.165, 1.54) is 6.20 Å². The lowest BCUT2D eigenvalue weighted by Crippen LogP contribution is -2.44. The van der Waals surface area contributed by atoms with Crippen LogP contribution in [0.15, 0.2) is 42.7 Å². The second-order valence-corrected chi connectivity index (χ2v) is 7.21. The maximum absolute atomic E-state index is 12.9. The second kappa shape index (κ2) is 7.34. The number of amides is 2. The molecule has 1 aliphatic rings. The molecule has 1 saturated heterocycles. The number of aromatic nitrogens is 2. The number of aryl methyl sites for hydroxylation is 1. The molecule has 2 amide bonds. The van der Waals surface area contributed by atoms with Crippen LogP contribution in [0.1, 0.15) is 36.4 Å². The summed E-state index contributed by atoms with van der Waals surface area (Å²) < 4.78 is 0. The van der Waals surface area contributed by atoms with Gasteiger partial charge >= 0.3 is 11.8 Å². The van der Waals surface area contributed by atoms with E-state index < -0.39 is 11.8 Å². The fourth-order valence-electron chi connectivity index (χ4n) is 3.77. The first-order valence-electron chi connectivity index (χ1n) is 9.44. The highest BCUT2D eigenvalue weighted by molar-refractivity contribution is 6.39. The number of rotatable bonds is 2. The lowest BCUT2D eigenvalue weighted by Gasteiger charge is -2.35. The molecule has 1 aliphatic heterocycles. The van der Waals surface area contributed by atoms with Gasteiger partial charge in [-0.05, 0) is 67.0 Å². The van der Waals surface area contributed by atoms with Crippen molar-refractivity contribution in [1.29, 1.82) is 0 Å². The number of likely N-dealkylation sites (tertiary alicyclic amines) is 1. The molecule has 28 heavy (non-hydrogen) atoms. The number of nitrogens with zero attached hydrogens (tertiary/aromatic N) is 2. The molecule has 4 rings (SSSR count). The number of aromatic amines is 1. The maximum atomic E-state index is 12.9. The van der Waals surface area contributed by atoms with Crippen LogP contribution in [0.5, 0.6) is 0 Å². The van der Waals surface area contributed by atoms with Gasteiger partial charge in [0.05, 0.1) is 17.9 Å². The fraction of sp³-hybridized carbons (Fsp3) is 0.286. The number of carbonyl (C=O) groups excluding carboxylic acids is 2. The summed E-state index contributed by atoms with van der Waals surface area (Å²) in [6, 6.07) is 9.76. The van der Waals surface area contributed by atoms with Gasteiger partial charge in [0.2, 0.25) is 0 Å². The van der Waals surface area contributed by atoms with E-state index in [0.29, 0.717) is 18.1 Å². The number of benzene rings is 1. The summed E-state index contributed by atoms with van der Waals surface area (Å²) in [5.41, 5.74) is 9.04. The highest BCUT2D eigenvalue weighted by Crippen LogP contribution is 2.32. The van der Waals surface area contributed by atoms with Crippen LogP contribution >= 0.6 is 0 Å². The number of hydrogen-bond donors (Lipinski definition) is 3. The van der Waals surface area contributed by atoms with Crippen molar-refractivity contribution < 1.29 is 9.59 Å². The third kappa shape index (κ3) is 3.43. The molecule has 4 N–H and O–H groups in total. The monoisotopic (exact) mass is 377 g/mol. The van der Waals surface area contributed by atoms with E-state index in [1.54, 1.807) is 17.9 Å². The average molecular weight is 377 g/mol. The van der Waals surface area contributed by atoms with Crippen molar-refractivity contribution in [2.45, 2.75) is 32.2 Å². The highest BCUT2D eigenvalue weighted by atomic mass is 16.2. The van der Waals surface area contributed by atoms with Crippen molar-refractivity contribution in [2.24, 2.45) is 0 Å². The minimum absolute atomic E-state index is 0.0995. The van der Waals surface area contributed by atoms with Gasteiger partial charge in [-0.1, -0.05) is 6.07 Å². The molecular weight excluding hydrogens is 354 g/mol. The molecule has 3 aromatic rings. The van der Waals surface area contributed by atoms with Crippen LogP contribution in [0, 0.1) is 6.92 Å². The minimum atomic E-state index is -0.652. The summed E-state index contributed by atoms with van der Waals surface area (Å²) in [5.74, 6) is -0.769. The smallest absolute Gasteiger partial charge is 0.313 e. The number of hydrogen-bond acceptors (Lipinski definition) is 4. The van der Waals surface area contributed by atoms with Crippen LogP contribution in [0.3, 0.4) is 0 Å². The summed E-state index contributed by atoms with van der Waals surface area (Å²) in [5, 5.41) is 3.75. The number of anilines is 2. The third-order valence-electron chi connectivity index (χ3n) is 5.30. The molecule has 0 saturated carbocycles. The van der Waals surface area contributed by atoms with Crippen molar-refractivity contribution in [2.75, 3.05) is 17.6 Å². The Hall–Kier alpha value is -3.35. The number of pyridine rings is 1. The highest BCUT2D eigenvalue weighted by Gasteiger charge is 2.32. The topological polar surface area (TPSA) is 104 Å². The number of fused-ring (bicyclic) bond motifs is 1. The van der Waals surface area contributed by atoms with Gasteiger partial charge in [-0.15, -0.1) is 0 Å². The average Bonchev–Trinajstić information content (AvgIpc) is 3.18. The third-order valence-corrected chi connectivity index (χ3v) is 5.30. The van der Waals surface area contributed by atoms with E-state index in [-0.39, 0.29) is 6.04 Å². The van der Waals surface area contributed by atoms with Crippen LogP contribution in [0.4, 0.5) is 11.5 Å². The quantitative estimate of drug-likeness (QED) is 0.597. The number of carbonyl (C=O) groups is 2. The number of nitrogens with two attached hydrogens (primary N) is 1. The molecular formula is C21H23N5O2. The standard InChI is InChI=1S/C21H23N5O2/c1-13-10-16(12-24-19(13)22)25-20(27)21(28)26-9-3-2-4-18(26)15-5-6-17-14(11-15)7-8-23-17/h5-8,10-12,18,23H,2-4,9H2,1H3,(H2,22,24)(H,25,27)/t18-/m0/s1. The number of piperidine rings is 1. The first-order valence-corrected chi connectivity index (χ1v) is 9.44. The molecule has 7 nitrogen and oxygen atoms in total. The fourth-order valence-corrected chi connectivity index (χ4v) is 3.77. The molecule has 1 atom stereocenters. The Morgan fingerprint density at radius 2 is 2.11 bits per heavy atom. The molecule has 2 aromatic heterocycles. The Kier molecular flexibility index (Phi) is 4.73. The van der Waals surface area contributed by atoms with Gasteiger partial charge in [0.15, 0.2) is 0 Å². The van der Waals surface area contributed by atoms with E-state index in [9.17, 15) is 9.59 Å². The zero-order chi connectivity index (χ0) is 19.7. The molecule has 144 valence electrons. The van der Waals surface area contributed by atoms with Crippen LogP contribution in [0.25, 0.3) is 10.9 Å². The second-order valence-electron chi connectivity index (χ2n) is 7.21. The molecule has 1 fully saturated rings. The summed E-state index contributed by atoms with van der Waals surface area (Å²) >= 11 is 0. The van der Waals surface area contributed by atoms with E-state index in [4.69, 9.17) is 5.73 Å². The van der Waals surface area contributed by atoms with E-state index in [1.807, 2.05) is 24.4 Å². The number of H-pyrrole nitrogens is 1. The van der Waals surface area contributed by atoms with Gasteiger partial charge < -0.3 is 20.9 Å². The van der Waals surface area contributed by atoms with Gasteiger partial charge in [0, 0.05) is 18.3 Å². The summed E-state index contributed by atoms with van der Waals surface area (Å²) in [7, 11) is 0. The van der Waals surface area contributed by atoms with Crippen molar-refractivity contribution in [3.63, 3.8) is 0 Å². The minimum Gasteiger partial charge on any atom is -0.383 e. The van der Waals surface area contributed by atoms with Crippen molar-refractivity contribution in [1.82, 2.24) is 14.9 Å². The van der Waals surface area contributed by atoms with E-state index >= 15 is 0 Å². The zero-order valence-corrected chi connectivity index (χ0v) is 15.7.